The highest BCUT2D eigenvalue weighted by Crippen LogP contribution is 2.18. The lowest BCUT2D eigenvalue weighted by Gasteiger charge is -2.07. The molecule has 0 bridgehead atoms. The number of aryl methyl sites for hydroxylation is 1. The van der Waals surface area contributed by atoms with E-state index in [0.717, 1.165) is 16.7 Å². The second-order valence-electron chi connectivity index (χ2n) is 6.34. The van der Waals surface area contributed by atoms with E-state index in [0.29, 0.717) is 6.42 Å². The van der Waals surface area contributed by atoms with Crippen molar-refractivity contribution in [2.45, 2.75) is 17.7 Å². The first-order chi connectivity index (χ1) is 12.5. The van der Waals surface area contributed by atoms with Gasteiger partial charge in [-0.2, -0.15) is 16.8 Å². The van der Waals surface area contributed by atoms with E-state index in [9.17, 15) is 16.8 Å². The average molecular weight is 411 g/mol. The van der Waals surface area contributed by atoms with Crippen LogP contribution in [0, 0.1) is 0 Å². The third kappa shape index (κ3) is 7.12. The molecular weight excluding hydrogens is 388 g/mol. The normalized spacial score (nSPS) is 12.4. The van der Waals surface area contributed by atoms with Gasteiger partial charge in [0.15, 0.2) is 0 Å². The molecule has 0 aliphatic rings. The first-order valence-electron chi connectivity index (χ1n) is 8.14. The van der Waals surface area contributed by atoms with Gasteiger partial charge >= 0.3 is 0 Å². The molecule has 0 radical (unpaired) electrons. The van der Waals surface area contributed by atoms with Crippen molar-refractivity contribution in [3.63, 3.8) is 0 Å². The van der Waals surface area contributed by atoms with Crippen LogP contribution < -0.4 is 0 Å². The van der Waals surface area contributed by atoms with Crippen LogP contribution in [0.25, 0.3) is 0 Å². The van der Waals surface area contributed by atoms with Crippen LogP contribution in [-0.4, -0.2) is 52.5 Å². The van der Waals surface area contributed by atoms with Crippen molar-refractivity contribution in [3.05, 3.63) is 65.2 Å². The van der Waals surface area contributed by atoms with Crippen LogP contribution in [-0.2, 0) is 33.0 Å². The fraction of sp³-hybridized carbons (Fsp3) is 0.278. The molecule has 0 aliphatic heterocycles. The Bertz CT molecular complexity index is 1030. The number of rotatable bonds is 8. The Labute approximate surface area is 160 Å². The number of hydrogen-bond acceptors (Lipinski definition) is 4. The Morgan fingerprint density at radius 1 is 0.963 bits per heavy atom. The van der Waals surface area contributed by atoms with Gasteiger partial charge in [0.1, 0.15) is 6.34 Å². The van der Waals surface area contributed by atoms with Gasteiger partial charge in [0.25, 0.3) is 20.1 Å². The lowest BCUT2D eigenvalue weighted by atomic mass is 10.0. The highest BCUT2D eigenvalue weighted by Gasteiger charge is 2.13. The number of sulfonamides is 1. The van der Waals surface area contributed by atoms with Crippen LogP contribution in [0.4, 0.5) is 0 Å². The topological polar surface area (TPSA) is 104 Å². The third-order valence-corrected chi connectivity index (χ3v) is 5.60. The van der Waals surface area contributed by atoms with E-state index in [1.807, 2.05) is 18.2 Å². The maximum Gasteiger partial charge on any atom is 0.283 e. The summed E-state index contributed by atoms with van der Waals surface area (Å²) < 4.78 is 58.8. The Morgan fingerprint density at radius 3 is 2.19 bits per heavy atom. The quantitative estimate of drug-likeness (QED) is 0.405. The van der Waals surface area contributed by atoms with Crippen molar-refractivity contribution in [1.82, 2.24) is 4.90 Å². The molecule has 0 saturated carbocycles. The number of benzene rings is 2. The van der Waals surface area contributed by atoms with Crippen LogP contribution in [0.1, 0.15) is 16.7 Å². The summed E-state index contributed by atoms with van der Waals surface area (Å²) in [5.41, 5.74) is 2.49. The molecule has 2 rings (SSSR count). The zero-order chi connectivity index (χ0) is 20.1. The van der Waals surface area contributed by atoms with Gasteiger partial charge in [-0.25, -0.2) is 0 Å². The van der Waals surface area contributed by atoms with Crippen LogP contribution in [0.5, 0.6) is 0 Å². The van der Waals surface area contributed by atoms with E-state index >= 15 is 0 Å². The molecule has 27 heavy (non-hydrogen) atoms. The summed E-state index contributed by atoms with van der Waals surface area (Å²) in [6, 6.07) is 13.9. The minimum absolute atomic E-state index is 0.112. The van der Waals surface area contributed by atoms with Gasteiger partial charge in [-0.3, -0.25) is 4.55 Å². The second kappa shape index (κ2) is 8.64. The molecule has 146 valence electrons. The summed E-state index contributed by atoms with van der Waals surface area (Å²) in [5.74, 6) is -0.339. The van der Waals surface area contributed by atoms with Crippen molar-refractivity contribution >= 4 is 26.5 Å². The van der Waals surface area contributed by atoms with Crippen LogP contribution >= 0.6 is 0 Å². The van der Waals surface area contributed by atoms with E-state index in [1.165, 1.54) is 12.4 Å². The SMILES string of the molecule is CN(C)C=NS(=O)(=O)c1cccc(Cc2cccc(CCS(=O)(=O)O)c2)c1. The monoisotopic (exact) mass is 410 g/mol. The zero-order valence-corrected chi connectivity index (χ0v) is 16.7. The molecule has 0 atom stereocenters. The van der Waals surface area contributed by atoms with E-state index < -0.39 is 20.1 Å². The Hall–Kier alpha value is -2.23. The van der Waals surface area contributed by atoms with Crippen LogP contribution in [0.2, 0.25) is 0 Å². The molecule has 0 amide bonds. The fourth-order valence-corrected chi connectivity index (χ4v) is 3.89. The summed E-state index contributed by atoms with van der Waals surface area (Å²) in [4.78, 5) is 1.65. The highest BCUT2D eigenvalue weighted by atomic mass is 32.2. The molecule has 1 N–H and O–H groups in total. The zero-order valence-electron chi connectivity index (χ0n) is 15.1. The highest BCUT2D eigenvalue weighted by molar-refractivity contribution is 7.90. The standard InChI is InChI=1S/C18H22N2O5S2/c1-20(2)14-19-27(24,25)18-8-4-7-17(13-18)12-16-6-3-5-15(11-16)9-10-26(21,22)23/h3-8,11,13-14H,9-10,12H2,1-2H3,(H,21,22,23). The maximum atomic E-state index is 12.3. The molecule has 2 aromatic rings. The minimum Gasteiger partial charge on any atom is -0.368 e. The lowest BCUT2D eigenvalue weighted by Crippen LogP contribution is -2.10. The largest absolute Gasteiger partial charge is 0.368 e. The third-order valence-electron chi connectivity index (χ3n) is 3.66. The first-order valence-corrected chi connectivity index (χ1v) is 11.2. The summed E-state index contributed by atoms with van der Waals surface area (Å²) in [6.07, 6.45) is 1.93. The van der Waals surface area contributed by atoms with Gasteiger partial charge in [-0.05, 0) is 41.7 Å². The van der Waals surface area contributed by atoms with Crippen LogP contribution in [0.15, 0.2) is 57.8 Å². The van der Waals surface area contributed by atoms with Crippen molar-refractivity contribution in [1.29, 1.82) is 0 Å². The van der Waals surface area contributed by atoms with Crippen molar-refractivity contribution in [3.8, 4) is 0 Å². The smallest absolute Gasteiger partial charge is 0.283 e. The van der Waals surface area contributed by atoms with E-state index in [-0.39, 0.29) is 17.1 Å². The van der Waals surface area contributed by atoms with Gasteiger partial charge in [0.05, 0.1) is 10.6 Å². The molecule has 0 aliphatic carbocycles. The second-order valence-corrected chi connectivity index (χ2v) is 9.54. The molecule has 7 nitrogen and oxygen atoms in total. The van der Waals surface area contributed by atoms with Gasteiger partial charge in [0.2, 0.25) is 0 Å². The van der Waals surface area contributed by atoms with Gasteiger partial charge in [-0.1, -0.05) is 36.4 Å². The number of hydrogen-bond donors (Lipinski definition) is 1. The van der Waals surface area contributed by atoms with Crippen molar-refractivity contribution < 1.29 is 21.4 Å². The van der Waals surface area contributed by atoms with E-state index in [4.69, 9.17) is 4.55 Å². The molecule has 0 spiro atoms. The summed E-state index contributed by atoms with van der Waals surface area (Å²) in [5, 5.41) is 0. The van der Waals surface area contributed by atoms with Crippen molar-refractivity contribution in [2.75, 3.05) is 19.8 Å². The summed E-state index contributed by atoms with van der Waals surface area (Å²) in [6.45, 7) is 0. The summed E-state index contributed by atoms with van der Waals surface area (Å²) >= 11 is 0. The molecule has 0 aromatic heterocycles. The van der Waals surface area contributed by atoms with Crippen molar-refractivity contribution in [2.24, 2.45) is 4.40 Å². The van der Waals surface area contributed by atoms with Gasteiger partial charge in [-0.15, -0.1) is 4.40 Å². The molecule has 2 aromatic carbocycles. The fourth-order valence-electron chi connectivity index (χ4n) is 2.41. The molecule has 0 unspecified atom stereocenters. The number of nitrogens with zero attached hydrogens (tertiary/aromatic N) is 2. The lowest BCUT2D eigenvalue weighted by molar-refractivity contribution is 0.482. The Morgan fingerprint density at radius 2 is 1.56 bits per heavy atom. The van der Waals surface area contributed by atoms with E-state index in [1.54, 1.807) is 43.3 Å². The van der Waals surface area contributed by atoms with E-state index in [2.05, 4.69) is 4.40 Å². The minimum atomic E-state index is -4.01. The van der Waals surface area contributed by atoms with Gasteiger partial charge < -0.3 is 4.90 Å². The summed E-state index contributed by atoms with van der Waals surface area (Å²) in [7, 11) is -4.41. The molecule has 9 heteroatoms. The molecule has 0 heterocycles. The Kier molecular flexibility index (Phi) is 6.74. The molecular formula is C18H22N2O5S2. The average Bonchev–Trinajstić information content (AvgIpc) is 2.58. The predicted octanol–water partition coefficient (Wildman–Crippen LogP) is 1.99. The van der Waals surface area contributed by atoms with Gasteiger partial charge in [0, 0.05) is 14.1 Å². The van der Waals surface area contributed by atoms with Crippen LogP contribution in [0.3, 0.4) is 0 Å². The predicted molar refractivity (Wildman–Crippen MR) is 105 cm³/mol. The maximum absolute atomic E-state index is 12.3. The Balaban J connectivity index is 2.19. The first kappa shape index (κ1) is 21.1. The molecule has 0 fully saturated rings. The molecule has 0 saturated heterocycles.